The Morgan fingerprint density at radius 1 is 1.12 bits per heavy atom. The normalized spacial score (nSPS) is 24.2. The lowest BCUT2D eigenvalue weighted by Crippen LogP contribution is -2.48. The molecule has 2 atom stereocenters. The molecular weight excluding hydrogens is 356 g/mol. The van der Waals surface area contributed by atoms with Gasteiger partial charge in [0.25, 0.3) is 11.1 Å². The van der Waals surface area contributed by atoms with Crippen LogP contribution in [0.15, 0.2) is 33.9 Å². The summed E-state index contributed by atoms with van der Waals surface area (Å²) in [5.74, 6) is -0.0767. The van der Waals surface area contributed by atoms with Crippen LogP contribution in [0.25, 0.3) is 10.8 Å². The van der Waals surface area contributed by atoms with E-state index in [2.05, 4.69) is 15.7 Å². The molecule has 26 heavy (non-hydrogen) atoms. The number of nitrogens with one attached hydrogen (secondary N) is 3. The quantitative estimate of drug-likeness (QED) is 0.736. The molecule has 2 aromatic rings. The Morgan fingerprint density at radius 3 is 2.46 bits per heavy atom. The highest BCUT2D eigenvalue weighted by Crippen LogP contribution is 2.26. The number of hydrogen-bond donors (Lipinski definition) is 3. The Labute approximate surface area is 156 Å². The van der Waals surface area contributed by atoms with Gasteiger partial charge in [-0.15, -0.1) is 12.4 Å². The molecule has 8 heteroatoms. The summed E-state index contributed by atoms with van der Waals surface area (Å²) >= 11 is 0. The second-order valence-corrected chi connectivity index (χ2v) is 7.07. The lowest BCUT2D eigenvalue weighted by Gasteiger charge is -2.29. The van der Waals surface area contributed by atoms with Crippen molar-refractivity contribution in [2.75, 3.05) is 0 Å². The highest BCUT2D eigenvalue weighted by Gasteiger charge is 2.33. The van der Waals surface area contributed by atoms with Crippen molar-refractivity contribution in [3.8, 4) is 0 Å². The largest absolute Gasteiger partial charge is 0.353 e. The number of aryl methyl sites for hydroxylation is 1. The van der Waals surface area contributed by atoms with Crippen molar-refractivity contribution in [3.63, 3.8) is 0 Å². The molecule has 0 radical (unpaired) electrons. The van der Waals surface area contributed by atoms with Gasteiger partial charge in [-0.2, -0.15) is 0 Å². The average molecular weight is 379 g/mol. The number of aromatic amines is 1. The number of halogens is 1. The number of nitrogens with zero attached hydrogens (tertiary/aromatic N) is 1. The van der Waals surface area contributed by atoms with E-state index in [1.807, 2.05) is 0 Å². The van der Waals surface area contributed by atoms with Gasteiger partial charge in [-0.25, -0.2) is 4.68 Å². The number of rotatable bonds is 4. The fourth-order valence-corrected chi connectivity index (χ4v) is 4.09. The van der Waals surface area contributed by atoms with Crippen LogP contribution in [0.1, 0.15) is 32.1 Å². The highest BCUT2D eigenvalue weighted by atomic mass is 35.5. The predicted octanol–water partition coefficient (Wildman–Crippen LogP) is 0.901. The van der Waals surface area contributed by atoms with E-state index in [1.54, 1.807) is 24.3 Å². The summed E-state index contributed by atoms with van der Waals surface area (Å²) < 4.78 is 1.23. The first kappa shape index (κ1) is 18.7. The number of carbonyl (C=O) groups excluding carboxylic acids is 1. The van der Waals surface area contributed by atoms with E-state index in [1.165, 1.54) is 17.5 Å². The van der Waals surface area contributed by atoms with E-state index in [0.29, 0.717) is 22.9 Å². The topological polar surface area (TPSA) is 96.0 Å². The van der Waals surface area contributed by atoms with E-state index >= 15 is 0 Å². The predicted molar refractivity (Wildman–Crippen MR) is 102 cm³/mol. The van der Waals surface area contributed by atoms with Crippen molar-refractivity contribution in [2.45, 2.75) is 56.8 Å². The summed E-state index contributed by atoms with van der Waals surface area (Å²) in [4.78, 5) is 36.7. The first-order valence-electron chi connectivity index (χ1n) is 8.87. The number of piperidine rings is 1. The van der Waals surface area contributed by atoms with Gasteiger partial charge in [0.2, 0.25) is 5.91 Å². The van der Waals surface area contributed by atoms with Crippen molar-refractivity contribution in [1.82, 2.24) is 20.4 Å². The average Bonchev–Trinajstić information content (AvgIpc) is 2.95. The summed E-state index contributed by atoms with van der Waals surface area (Å²) in [5.41, 5.74) is -0.589. The second kappa shape index (κ2) is 7.63. The number of carbonyl (C=O) groups is 1. The van der Waals surface area contributed by atoms with Crippen molar-refractivity contribution >= 4 is 29.1 Å². The van der Waals surface area contributed by atoms with Gasteiger partial charge in [0.05, 0.1) is 17.3 Å². The third kappa shape index (κ3) is 3.68. The molecule has 7 nitrogen and oxygen atoms in total. The van der Waals surface area contributed by atoms with Gasteiger partial charge in [0.15, 0.2) is 0 Å². The Bertz CT molecular complexity index is 911. The molecule has 2 aliphatic heterocycles. The molecule has 2 fully saturated rings. The van der Waals surface area contributed by atoms with Crippen LogP contribution in [0, 0.1) is 0 Å². The van der Waals surface area contributed by atoms with E-state index < -0.39 is 0 Å². The molecule has 2 unspecified atom stereocenters. The maximum absolute atomic E-state index is 12.4. The maximum Gasteiger partial charge on any atom is 0.273 e. The van der Waals surface area contributed by atoms with Gasteiger partial charge in [-0.05, 0) is 37.8 Å². The van der Waals surface area contributed by atoms with Gasteiger partial charge < -0.3 is 10.6 Å². The molecule has 0 saturated carbocycles. The minimum atomic E-state index is -0.314. The number of aromatic nitrogens is 2. The number of H-pyrrole nitrogens is 1. The monoisotopic (exact) mass is 378 g/mol. The number of fused-ring (bicyclic) bond motifs is 3. The summed E-state index contributed by atoms with van der Waals surface area (Å²) in [6, 6.07) is 7.95. The number of amides is 1. The van der Waals surface area contributed by atoms with Crippen LogP contribution in [-0.4, -0.2) is 33.8 Å². The van der Waals surface area contributed by atoms with Gasteiger partial charge in [-0.1, -0.05) is 12.1 Å². The summed E-state index contributed by atoms with van der Waals surface area (Å²) in [6.45, 7) is 0.169. The van der Waals surface area contributed by atoms with Gasteiger partial charge in [-0.3, -0.25) is 19.5 Å². The Morgan fingerprint density at radius 2 is 1.77 bits per heavy atom. The maximum atomic E-state index is 12.4. The molecule has 3 N–H and O–H groups in total. The van der Waals surface area contributed by atoms with Crippen LogP contribution < -0.4 is 21.8 Å². The molecule has 1 aromatic carbocycles. The molecule has 1 aromatic heterocycles. The lowest BCUT2D eigenvalue weighted by molar-refractivity contribution is -0.122. The molecule has 2 bridgehead atoms. The zero-order chi connectivity index (χ0) is 17.4. The minimum Gasteiger partial charge on any atom is -0.353 e. The highest BCUT2D eigenvalue weighted by molar-refractivity contribution is 5.85. The molecular formula is C18H23ClN4O3. The summed E-state index contributed by atoms with van der Waals surface area (Å²) in [7, 11) is 0. The second-order valence-electron chi connectivity index (χ2n) is 7.07. The molecule has 2 aliphatic rings. The van der Waals surface area contributed by atoms with Crippen molar-refractivity contribution in [3.05, 3.63) is 45.0 Å². The number of benzene rings is 1. The Kier molecular flexibility index (Phi) is 5.48. The molecule has 1 amide bonds. The van der Waals surface area contributed by atoms with Crippen LogP contribution in [0.5, 0.6) is 0 Å². The van der Waals surface area contributed by atoms with Gasteiger partial charge in [0, 0.05) is 24.5 Å². The standard InChI is InChI=1S/C18H22N4O3.ClH/c23-16(20-13-9-11-5-6-12(10-13)19-11)7-8-22-18(25)15-4-2-1-3-14(15)17(24)21-22;/h1-4,11-13,19H,5-10H2,(H,20,23)(H,21,24);1H. The Hall–Kier alpha value is -2.12. The van der Waals surface area contributed by atoms with Crippen LogP contribution in [0.2, 0.25) is 0 Å². The molecule has 4 rings (SSSR count). The zero-order valence-corrected chi connectivity index (χ0v) is 15.2. The number of hydrogen-bond acceptors (Lipinski definition) is 4. The Balaban J connectivity index is 0.00000196. The van der Waals surface area contributed by atoms with Gasteiger partial charge in [0.1, 0.15) is 0 Å². The first-order chi connectivity index (χ1) is 12.1. The van der Waals surface area contributed by atoms with Crippen LogP contribution >= 0.6 is 12.4 Å². The third-order valence-electron chi connectivity index (χ3n) is 5.28. The molecule has 2 saturated heterocycles. The third-order valence-corrected chi connectivity index (χ3v) is 5.28. The van der Waals surface area contributed by atoms with Crippen LogP contribution in [-0.2, 0) is 11.3 Å². The van der Waals surface area contributed by atoms with E-state index in [-0.39, 0.29) is 48.4 Å². The van der Waals surface area contributed by atoms with Gasteiger partial charge >= 0.3 is 0 Å². The fraction of sp³-hybridized carbons (Fsp3) is 0.500. The van der Waals surface area contributed by atoms with Crippen molar-refractivity contribution in [1.29, 1.82) is 0 Å². The van der Waals surface area contributed by atoms with Crippen LogP contribution in [0.3, 0.4) is 0 Å². The van der Waals surface area contributed by atoms with E-state index in [0.717, 1.165) is 12.8 Å². The molecule has 3 heterocycles. The van der Waals surface area contributed by atoms with Crippen molar-refractivity contribution < 1.29 is 4.79 Å². The molecule has 0 aliphatic carbocycles. The summed E-state index contributed by atoms with van der Waals surface area (Å²) in [6.07, 6.45) is 4.48. The zero-order valence-electron chi connectivity index (χ0n) is 14.4. The SMILES string of the molecule is Cl.O=C(CCn1[nH]c(=O)c2ccccc2c1=O)NC1CC2CCC(C1)N2. The first-order valence-corrected chi connectivity index (χ1v) is 8.87. The molecule has 140 valence electrons. The fourth-order valence-electron chi connectivity index (χ4n) is 4.09. The van der Waals surface area contributed by atoms with Crippen molar-refractivity contribution in [2.24, 2.45) is 0 Å². The molecule has 0 spiro atoms. The van der Waals surface area contributed by atoms with E-state index in [9.17, 15) is 14.4 Å². The lowest BCUT2D eigenvalue weighted by atomic mass is 10.00. The minimum absolute atomic E-state index is 0. The summed E-state index contributed by atoms with van der Waals surface area (Å²) in [5, 5.41) is 9.93. The van der Waals surface area contributed by atoms with Crippen LogP contribution in [0.4, 0.5) is 0 Å². The smallest absolute Gasteiger partial charge is 0.273 e. The van der Waals surface area contributed by atoms with E-state index in [4.69, 9.17) is 0 Å².